The molecule has 2 aromatic rings. The van der Waals surface area contributed by atoms with Crippen LogP contribution in [0.5, 0.6) is 0 Å². The van der Waals surface area contributed by atoms with E-state index < -0.39 is 0 Å². The Balaban J connectivity index is 1.40. The molecule has 4 nitrogen and oxygen atoms in total. The molecule has 1 atom stereocenters. The molecule has 0 aromatic heterocycles. The van der Waals surface area contributed by atoms with Gasteiger partial charge in [0.15, 0.2) is 0 Å². The zero-order valence-electron chi connectivity index (χ0n) is 15.2. The Kier molecular flexibility index (Phi) is 5.21. The number of amides is 2. The first-order valence-electron chi connectivity index (χ1n) is 9.71. The quantitative estimate of drug-likeness (QED) is 0.906. The highest BCUT2D eigenvalue weighted by molar-refractivity contribution is 5.90. The SMILES string of the molecule is O=C(Nc1ccccc1Cc1ccccc1)N1CC[C@@H](N2CCCC2)C1. The summed E-state index contributed by atoms with van der Waals surface area (Å²) < 4.78 is 0. The minimum Gasteiger partial charge on any atom is -0.323 e. The number of likely N-dealkylation sites (tertiary alicyclic amines) is 2. The molecule has 2 aromatic carbocycles. The molecule has 0 spiro atoms. The molecule has 26 heavy (non-hydrogen) atoms. The lowest BCUT2D eigenvalue weighted by Gasteiger charge is -2.24. The number of hydrogen-bond donors (Lipinski definition) is 1. The van der Waals surface area contributed by atoms with Gasteiger partial charge in [0.1, 0.15) is 0 Å². The molecule has 2 aliphatic heterocycles. The normalized spacial score (nSPS) is 20.5. The second-order valence-corrected chi connectivity index (χ2v) is 7.38. The van der Waals surface area contributed by atoms with Crippen molar-refractivity contribution in [2.45, 2.75) is 31.7 Å². The van der Waals surface area contributed by atoms with Gasteiger partial charge in [0.05, 0.1) is 0 Å². The van der Waals surface area contributed by atoms with E-state index in [1.165, 1.54) is 31.5 Å². The van der Waals surface area contributed by atoms with Gasteiger partial charge in [0, 0.05) is 24.8 Å². The maximum atomic E-state index is 12.8. The van der Waals surface area contributed by atoms with Gasteiger partial charge >= 0.3 is 6.03 Å². The van der Waals surface area contributed by atoms with Crippen LogP contribution in [0.25, 0.3) is 0 Å². The molecular formula is C22H27N3O. The molecule has 0 saturated carbocycles. The highest BCUT2D eigenvalue weighted by Gasteiger charge is 2.31. The van der Waals surface area contributed by atoms with Crippen molar-refractivity contribution < 1.29 is 4.79 Å². The fourth-order valence-corrected chi connectivity index (χ4v) is 4.14. The van der Waals surface area contributed by atoms with Gasteiger partial charge in [-0.05, 0) is 56.0 Å². The van der Waals surface area contributed by atoms with Crippen LogP contribution in [0.1, 0.15) is 30.4 Å². The summed E-state index contributed by atoms with van der Waals surface area (Å²) in [6.45, 7) is 4.10. The van der Waals surface area contributed by atoms with Gasteiger partial charge in [-0.1, -0.05) is 48.5 Å². The Morgan fingerprint density at radius 1 is 0.962 bits per heavy atom. The monoisotopic (exact) mass is 349 g/mol. The lowest BCUT2D eigenvalue weighted by molar-refractivity contribution is 0.210. The molecule has 4 rings (SSSR count). The topological polar surface area (TPSA) is 35.6 Å². The molecule has 0 radical (unpaired) electrons. The molecular weight excluding hydrogens is 322 g/mol. The molecule has 2 aliphatic rings. The van der Waals surface area contributed by atoms with Gasteiger partial charge in [-0.2, -0.15) is 0 Å². The highest BCUT2D eigenvalue weighted by atomic mass is 16.2. The lowest BCUT2D eigenvalue weighted by atomic mass is 10.0. The Morgan fingerprint density at radius 3 is 2.50 bits per heavy atom. The maximum Gasteiger partial charge on any atom is 0.321 e. The Hall–Kier alpha value is -2.33. The summed E-state index contributed by atoms with van der Waals surface area (Å²) in [5.74, 6) is 0. The highest BCUT2D eigenvalue weighted by Crippen LogP contribution is 2.23. The second kappa shape index (κ2) is 7.92. The van der Waals surface area contributed by atoms with Crippen LogP contribution >= 0.6 is 0 Å². The first-order chi connectivity index (χ1) is 12.8. The molecule has 0 bridgehead atoms. The summed E-state index contributed by atoms with van der Waals surface area (Å²) >= 11 is 0. The molecule has 2 heterocycles. The average molecular weight is 349 g/mol. The summed E-state index contributed by atoms with van der Waals surface area (Å²) in [5.41, 5.74) is 3.33. The van der Waals surface area contributed by atoms with E-state index in [4.69, 9.17) is 0 Å². The van der Waals surface area contributed by atoms with Crippen LogP contribution in [0.4, 0.5) is 10.5 Å². The van der Waals surface area contributed by atoms with Crippen molar-refractivity contribution in [2.24, 2.45) is 0 Å². The van der Waals surface area contributed by atoms with E-state index in [1.54, 1.807) is 0 Å². The third-order valence-electron chi connectivity index (χ3n) is 5.60. The second-order valence-electron chi connectivity index (χ2n) is 7.38. The fourth-order valence-electron chi connectivity index (χ4n) is 4.14. The van der Waals surface area contributed by atoms with Crippen molar-refractivity contribution in [1.82, 2.24) is 9.80 Å². The number of benzene rings is 2. The predicted octanol–water partition coefficient (Wildman–Crippen LogP) is 3.98. The Morgan fingerprint density at radius 2 is 1.69 bits per heavy atom. The van der Waals surface area contributed by atoms with E-state index in [-0.39, 0.29) is 6.03 Å². The van der Waals surface area contributed by atoms with E-state index in [1.807, 2.05) is 29.2 Å². The van der Waals surface area contributed by atoms with Gasteiger partial charge in [0.25, 0.3) is 0 Å². The van der Waals surface area contributed by atoms with Crippen molar-refractivity contribution in [2.75, 3.05) is 31.5 Å². The summed E-state index contributed by atoms with van der Waals surface area (Å²) in [4.78, 5) is 17.3. The summed E-state index contributed by atoms with van der Waals surface area (Å²) in [5, 5.41) is 3.15. The van der Waals surface area contributed by atoms with Gasteiger partial charge in [-0.3, -0.25) is 4.90 Å². The van der Waals surface area contributed by atoms with Crippen molar-refractivity contribution in [3.8, 4) is 0 Å². The van der Waals surface area contributed by atoms with E-state index in [0.29, 0.717) is 6.04 Å². The third kappa shape index (κ3) is 3.91. The van der Waals surface area contributed by atoms with E-state index in [2.05, 4.69) is 40.5 Å². The van der Waals surface area contributed by atoms with E-state index >= 15 is 0 Å². The number of anilines is 1. The molecule has 1 N–H and O–H groups in total. The number of urea groups is 1. The Bertz CT molecular complexity index is 740. The van der Waals surface area contributed by atoms with Crippen LogP contribution < -0.4 is 5.32 Å². The van der Waals surface area contributed by atoms with E-state index in [0.717, 1.165) is 37.2 Å². The van der Waals surface area contributed by atoms with Crippen LogP contribution in [0.2, 0.25) is 0 Å². The number of nitrogens with zero attached hydrogens (tertiary/aromatic N) is 2. The first-order valence-corrected chi connectivity index (χ1v) is 9.71. The number of carbonyl (C=O) groups excluding carboxylic acids is 1. The number of hydrogen-bond acceptors (Lipinski definition) is 2. The van der Waals surface area contributed by atoms with Crippen LogP contribution in [-0.2, 0) is 6.42 Å². The largest absolute Gasteiger partial charge is 0.323 e. The van der Waals surface area contributed by atoms with Crippen LogP contribution in [0.15, 0.2) is 54.6 Å². The minimum atomic E-state index is 0.0345. The number of nitrogens with one attached hydrogen (secondary N) is 1. The molecule has 2 saturated heterocycles. The van der Waals surface area contributed by atoms with Gasteiger partial charge < -0.3 is 10.2 Å². The van der Waals surface area contributed by atoms with Crippen LogP contribution in [0, 0.1) is 0 Å². The van der Waals surface area contributed by atoms with E-state index in [9.17, 15) is 4.79 Å². The first kappa shape index (κ1) is 17.1. The standard InChI is InChI=1S/C22H27N3O/c26-22(25-15-12-20(17-25)24-13-6-7-14-24)23-21-11-5-4-10-19(21)16-18-8-2-1-3-9-18/h1-5,8-11,20H,6-7,12-17H2,(H,23,26)/t20-/m1/s1. The van der Waals surface area contributed by atoms with Crippen molar-refractivity contribution in [3.63, 3.8) is 0 Å². The Labute approximate surface area is 155 Å². The molecule has 0 unspecified atom stereocenters. The lowest BCUT2D eigenvalue weighted by Crippen LogP contribution is -2.38. The zero-order chi connectivity index (χ0) is 17.8. The molecule has 2 amide bonds. The summed E-state index contributed by atoms with van der Waals surface area (Å²) in [6.07, 6.45) is 4.53. The van der Waals surface area contributed by atoms with Gasteiger partial charge in [0.2, 0.25) is 0 Å². The number of carbonyl (C=O) groups is 1. The summed E-state index contributed by atoms with van der Waals surface area (Å²) in [6, 6.07) is 19.1. The van der Waals surface area contributed by atoms with Crippen molar-refractivity contribution in [1.29, 1.82) is 0 Å². The molecule has 136 valence electrons. The number of rotatable bonds is 4. The smallest absolute Gasteiger partial charge is 0.321 e. The predicted molar refractivity (Wildman–Crippen MR) is 105 cm³/mol. The minimum absolute atomic E-state index is 0.0345. The molecule has 0 aliphatic carbocycles. The third-order valence-corrected chi connectivity index (χ3v) is 5.60. The number of para-hydroxylation sites is 1. The fraction of sp³-hybridized carbons (Fsp3) is 0.409. The van der Waals surface area contributed by atoms with Crippen molar-refractivity contribution in [3.05, 3.63) is 65.7 Å². The summed E-state index contributed by atoms with van der Waals surface area (Å²) in [7, 11) is 0. The average Bonchev–Trinajstić information content (AvgIpc) is 3.36. The van der Waals surface area contributed by atoms with Gasteiger partial charge in [-0.25, -0.2) is 4.79 Å². The zero-order valence-corrected chi connectivity index (χ0v) is 15.2. The maximum absolute atomic E-state index is 12.8. The van der Waals surface area contributed by atoms with Gasteiger partial charge in [-0.15, -0.1) is 0 Å². The molecule has 2 fully saturated rings. The molecule has 4 heteroatoms. The van der Waals surface area contributed by atoms with Crippen LogP contribution in [-0.4, -0.2) is 48.1 Å². The van der Waals surface area contributed by atoms with Crippen molar-refractivity contribution >= 4 is 11.7 Å². The van der Waals surface area contributed by atoms with Crippen LogP contribution in [0.3, 0.4) is 0 Å².